The topological polar surface area (TPSA) is 76.0 Å². The molecule has 0 fully saturated rings. The van der Waals surface area contributed by atoms with E-state index in [4.69, 9.17) is 26.2 Å². The number of hydrogen-bond donors (Lipinski definition) is 2. The van der Waals surface area contributed by atoms with Gasteiger partial charge in [0.15, 0.2) is 0 Å². The number of aliphatic carboxylic acids is 1. The average Bonchev–Trinajstić information content (AvgIpc) is 2.71. The second-order valence-electron chi connectivity index (χ2n) is 6.53. The van der Waals surface area contributed by atoms with Crippen LogP contribution in [0.5, 0.6) is 11.5 Å². The van der Waals surface area contributed by atoms with E-state index in [-0.39, 0.29) is 19.6 Å². The third kappa shape index (κ3) is 6.52. The molecule has 0 saturated carbocycles. The summed E-state index contributed by atoms with van der Waals surface area (Å²) in [5.74, 6) is 0.354. The molecule has 150 valence electrons. The lowest BCUT2D eigenvalue weighted by molar-refractivity contribution is -0.136. The van der Waals surface area contributed by atoms with E-state index in [0.29, 0.717) is 16.5 Å². The van der Waals surface area contributed by atoms with Crippen molar-refractivity contribution >= 4 is 17.6 Å². The van der Waals surface area contributed by atoms with E-state index in [0.717, 1.165) is 16.7 Å². The quantitative estimate of drug-likeness (QED) is 0.543. The van der Waals surface area contributed by atoms with Gasteiger partial charge in [0.1, 0.15) is 30.8 Å². The summed E-state index contributed by atoms with van der Waals surface area (Å²) in [7, 11) is 0. The lowest BCUT2D eigenvalue weighted by atomic mass is 10.0. The molecule has 5 nitrogen and oxygen atoms in total. The molecule has 3 aromatic carbocycles. The maximum atomic E-state index is 10.9. The third-order valence-electron chi connectivity index (χ3n) is 4.15. The number of rotatable bonds is 9. The lowest BCUT2D eigenvalue weighted by Crippen LogP contribution is -2.25. The standard InChI is InChI=1S/C23H21ClO5/c24-19-5-2-6-22(13-19)29-15-20(25)14-28-21-9-7-17(8-10-21)18-4-1-3-16(11-18)12-23(26)27/h1-11,13,20,25H,12,14-15H2,(H,26,27). The molecule has 0 aromatic heterocycles. The van der Waals surface area contributed by atoms with Crippen LogP contribution in [0.2, 0.25) is 5.02 Å². The zero-order valence-corrected chi connectivity index (χ0v) is 16.4. The Bertz CT molecular complexity index is 955. The van der Waals surface area contributed by atoms with Crippen LogP contribution < -0.4 is 9.47 Å². The fraction of sp³-hybridized carbons (Fsp3) is 0.174. The molecule has 3 aromatic rings. The van der Waals surface area contributed by atoms with Gasteiger partial charge in [0.05, 0.1) is 6.42 Å². The fourth-order valence-electron chi connectivity index (χ4n) is 2.77. The summed E-state index contributed by atoms with van der Waals surface area (Å²) in [6.45, 7) is 0.183. The number of halogens is 1. The van der Waals surface area contributed by atoms with Crippen LogP contribution >= 0.6 is 11.6 Å². The molecule has 1 atom stereocenters. The first-order valence-corrected chi connectivity index (χ1v) is 9.48. The van der Waals surface area contributed by atoms with Gasteiger partial charge >= 0.3 is 5.97 Å². The van der Waals surface area contributed by atoms with Crippen molar-refractivity contribution in [2.45, 2.75) is 12.5 Å². The highest BCUT2D eigenvalue weighted by atomic mass is 35.5. The van der Waals surface area contributed by atoms with Crippen LogP contribution in [-0.4, -0.2) is 35.5 Å². The zero-order chi connectivity index (χ0) is 20.6. The Morgan fingerprint density at radius 1 is 0.862 bits per heavy atom. The Morgan fingerprint density at radius 2 is 1.55 bits per heavy atom. The van der Waals surface area contributed by atoms with Gasteiger partial charge in [-0.25, -0.2) is 0 Å². The van der Waals surface area contributed by atoms with Gasteiger partial charge in [-0.15, -0.1) is 0 Å². The minimum atomic E-state index is -0.858. The summed E-state index contributed by atoms with van der Waals surface area (Å²) in [5.41, 5.74) is 2.64. The first kappa shape index (κ1) is 20.7. The first-order valence-electron chi connectivity index (χ1n) is 9.10. The van der Waals surface area contributed by atoms with Crippen molar-refractivity contribution in [1.29, 1.82) is 0 Å². The van der Waals surface area contributed by atoms with Gasteiger partial charge in [0, 0.05) is 5.02 Å². The molecular weight excluding hydrogens is 392 g/mol. The molecule has 1 unspecified atom stereocenters. The number of benzene rings is 3. The number of hydrogen-bond acceptors (Lipinski definition) is 4. The minimum absolute atomic E-state index is 0.00974. The van der Waals surface area contributed by atoms with Gasteiger partial charge in [-0.1, -0.05) is 54.1 Å². The maximum Gasteiger partial charge on any atom is 0.307 e. The van der Waals surface area contributed by atoms with E-state index in [9.17, 15) is 9.90 Å². The highest BCUT2D eigenvalue weighted by Gasteiger charge is 2.08. The highest BCUT2D eigenvalue weighted by Crippen LogP contribution is 2.24. The van der Waals surface area contributed by atoms with Crippen molar-refractivity contribution in [3.63, 3.8) is 0 Å². The second-order valence-corrected chi connectivity index (χ2v) is 6.96. The van der Waals surface area contributed by atoms with Crippen molar-refractivity contribution in [3.8, 4) is 22.6 Å². The Balaban J connectivity index is 1.52. The van der Waals surface area contributed by atoms with Crippen molar-refractivity contribution in [2.24, 2.45) is 0 Å². The van der Waals surface area contributed by atoms with Gasteiger partial charge in [-0.2, -0.15) is 0 Å². The summed E-state index contributed by atoms with van der Waals surface area (Å²) < 4.78 is 11.1. The summed E-state index contributed by atoms with van der Waals surface area (Å²) in [5, 5.41) is 19.5. The molecular formula is C23H21ClO5. The van der Waals surface area contributed by atoms with Crippen LogP contribution in [0.4, 0.5) is 0 Å². The molecule has 6 heteroatoms. The van der Waals surface area contributed by atoms with E-state index in [1.807, 2.05) is 42.5 Å². The van der Waals surface area contributed by atoms with Crippen LogP contribution in [0.3, 0.4) is 0 Å². The predicted molar refractivity (Wildman–Crippen MR) is 112 cm³/mol. The molecule has 0 bridgehead atoms. The minimum Gasteiger partial charge on any atom is -0.491 e. The van der Waals surface area contributed by atoms with Gasteiger partial charge < -0.3 is 19.7 Å². The molecule has 0 aliphatic carbocycles. The monoisotopic (exact) mass is 412 g/mol. The highest BCUT2D eigenvalue weighted by molar-refractivity contribution is 6.30. The van der Waals surface area contributed by atoms with Crippen molar-refractivity contribution in [1.82, 2.24) is 0 Å². The SMILES string of the molecule is O=C(O)Cc1cccc(-c2ccc(OCC(O)COc3cccc(Cl)c3)cc2)c1. The number of ether oxygens (including phenoxy) is 2. The van der Waals surface area contributed by atoms with E-state index < -0.39 is 12.1 Å². The van der Waals surface area contributed by atoms with Crippen molar-refractivity contribution in [3.05, 3.63) is 83.4 Å². The summed E-state index contributed by atoms with van der Waals surface area (Å²) in [6, 6.07) is 21.8. The van der Waals surface area contributed by atoms with Crippen molar-refractivity contribution in [2.75, 3.05) is 13.2 Å². The molecule has 2 N–H and O–H groups in total. The van der Waals surface area contributed by atoms with Crippen LogP contribution in [0.1, 0.15) is 5.56 Å². The van der Waals surface area contributed by atoms with E-state index in [1.54, 1.807) is 30.3 Å². The Morgan fingerprint density at radius 3 is 2.24 bits per heavy atom. The molecule has 0 spiro atoms. The predicted octanol–water partition coefficient (Wildman–Crippen LogP) is 4.45. The molecule has 0 amide bonds. The number of carbonyl (C=O) groups is 1. The normalized spacial score (nSPS) is 11.7. The molecule has 0 saturated heterocycles. The van der Waals surface area contributed by atoms with Gasteiger partial charge in [0.25, 0.3) is 0 Å². The number of aliphatic hydroxyl groups excluding tert-OH is 1. The molecule has 0 aliphatic heterocycles. The number of carboxylic acids is 1. The molecule has 0 aliphatic rings. The largest absolute Gasteiger partial charge is 0.491 e. The first-order chi connectivity index (χ1) is 14.0. The average molecular weight is 413 g/mol. The second kappa shape index (κ2) is 9.96. The van der Waals surface area contributed by atoms with Crippen LogP contribution in [0.25, 0.3) is 11.1 Å². The Kier molecular flexibility index (Phi) is 7.11. The van der Waals surface area contributed by atoms with Gasteiger partial charge in [-0.05, 0) is 47.0 Å². The number of aliphatic hydroxyl groups is 1. The Hall–Kier alpha value is -3.02. The van der Waals surface area contributed by atoms with E-state index in [1.165, 1.54) is 0 Å². The van der Waals surface area contributed by atoms with Gasteiger partial charge in [0.2, 0.25) is 0 Å². The van der Waals surface area contributed by atoms with Gasteiger partial charge in [-0.3, -0.25) is 4.79 Å². The number of carboxylic acid groups (broad SMARTS) is 1. The summed E-state index contributed by atoms with van der Waals surface area (Å²) in [6.07, 6.45) is -0.800. The fourth-order valence-corrected chi connectivity index (χ4v) is 2.95. The Labute approximate surface area is 174 Å². The molecule has 0 heterocycles. The lowest BCUT2D eigenvalue weighted by Gasteiger charge is -2.14. The maximum absolute atomic E-state index is 10.9. The molecule has 0 radical (unpaired) electrons. The van der Waals surface area contributed by atoms with E-state index in [2.05, 4.69) is 0 Å². The van der Waals surface area contributed by atoms with Crippen molar-refractivity contribution < 1.29 is 24.5 Å². The summed E-state index contributed by atoms with van der Waals surface area (Å²) >= 11 is 5.90. The summed E-state index contributed by atoms with van der Waals surface area (Å²) in [4.78, 5) is 10.9. The van der Waals surface area contributed by atoms with E-state index >= 15 is 0 Å². The molecule has 29 heavy (non-hydrogen) atoms. The van der Waals surface area contributed by atoms with Crippen LogP contribution in [0.15, 0.2) is 72.8 Å². The van der Waals surface area contributed by atoms with Crippen LogP contribution in [-0.2, 0) is 11.2 Å². The smallest absolute Gasteiger partial charge is 0.307 e. The third-order valence-corrected chi connectivity index (χ3v) is 4.39. The zero-order valence-electron chi connectivity index (χ0n) is 15.6. The van der Waals surface area contributed by atoms with Crippen LogP contribution in [0, 0.1) is 0 Å². The molecule has 3 rings (SSSR count).